The maximum Gasteiger partial charge on any atom is 0.0894 e. The van der Waals surface area contributed by atoms with Gasteiger partial charge in [0.2, 0.25) is 0 Å². The Bertz CT molecular complexity index is 42.0. The van der Waals surface area contributed by atoms with E-state index < -0.39 is 6.10 Å². The Labute approximate surface area is 56.7 Å². The first-order chi connectivity index (χ1) is 4.31. The zero-order valence-corrected chi connectivity index (χ0v) is 6.39. The van der Waals surface area contributed by atoms with Gasteiger partial charge in [-0.15, -0.1) is 0 Å². The second kappa shape index (κ2) is 10.8. The van der Waals surface area contributed by atoms with Gasteiger partial charge < -0.3 is 15.5 Å². The number of hydrogen-bond donors (Lipinski definition) is 3. The van der Waals surface area contributed by atoms with E-state index in [-0.39, 0.29) is 6.61 Å². The number of nitrogens with one attached hydrogen (secondary N) is 1. The molecule has 0 saturated heterocycles. The molecule has 3 heteroatoms. The van der Waals surface area contributed by atoms with E-state index >= 15 is 0 Å². The minimum Gasteiger partial charge on any atom is -0.394 e. The van der Waals surface area contributed by atoms with Crippen LogP contribution in [0.25, 0.3) is 0 Å². The second-order valence-corrected chi connectivity index (χ2v) is 1.39. The van der Waals surface area contributed by atoms with Crippen LogP contribution in [-0.4, -0.2) is 36.5 Å². The normalized spacial score (nSPS) is 11.7. The molecule has 0 spiro atoms. The Balaban J connectivity index is 0. The third-order valence-electron chi connectivity index (χ3n) is 0.650. The largest absolute Gasteiger partial charge is 0.394 e. The van der Waals surface area contributed by atoms with Crippen molar-refractivity contribution < 1.29 is 10.2 Å². The third-order valence-corrected chi connectivity index (χ3v) is 0.650. The summed E-state index contributed by atoms with van der Waals surface area (Å²) in [5.74, 6) is 0. The fourth-order valence-corrected chi connectivity index (χ4v) is 0.300. The highest BCUT2D eigenvalue weighted by Gasteiger charge is 1.95. The second-order valence-electron chi connectivity index (χ2n) is 1.39. The molecular weight excluding hydrogens is 118 g/mol. The van der Waals surface area contributed by atoms with Crippen LogP contribution >= 0.6 is 0 Å². The van der Waals surface area contributed by atoms with E-state index in [2.05, 4.69) is 5.32 Å². The first-order valence-electron chi connectivity index (χ1n) is 3.24. The van der Waals surface area contributed by atoms with Gasteiger partial charge in [-0.1, -0.05) is 13.8 Å². The maximum absolute atomic E-state index is 8.55. The zero-order valence-electron chi connectivity index (χ0n) is 6.39. The molecule has 1 atom stereocenters. The molecule has 0 aliphatic rings. The Hall–Kier alpha value is -0.120. The van der Waals surface area contributed by atoms with Crippen LogP contribution in [0.15, 0.2) is 0 Å². The third kappa shape index (κ3) is 11.4. The van der Waals surface area contributed by atoms with Gasteiger partial charge in [-0.2, -0.15) is 0 Å². The lowest BCUT2D eigenvalue weighted by Gasteiger charge is -2.02. The van der Waals surface area contributed by atoms with Crippen molar-refractivity contribution in [1.82, 2.24) is 5.32 Å². The molecule has 0 fully saturated rings. The minimum atomic E-state index is -0.606. The van der Waals surface area contributed by atoms with Crippen LogP contribution in [0.1, 0.15) is 13.8 Å². The summed E-state index contributed by atoms with van der Waals surface area (Å²) >= 11 is 0. The van der Waals surface area contributed by atoms with E-state index in [1.807, 2.05) is 13.8 Å². The summed E-state index contributed by atoms with van der Waals surface area (Å²) in [5, 5.41) is 19.4. The van der Waals surface area contributed by atoms with Gasteiger partial charge in [0.05, 0.1) is 12.7 Å². The van der Waals surface area contributed by atoms with Crippen LogP contribution in [0.5, 0.6) is 0 Å². The molecule has 3 N–H and O–H groups in total. The lowest BCUT2D eigenvalue weighted by Crippen LogP contribution is -2.26. The standard InChI is InChI=1S/C4H11NO2.C2H6/c1-5-2-4(7)3-6;1-2/h4-7H,2-3H2,1H3;1-2H3/t4-;/m0./s1. The van der Waals surface area contributed by atoms with Gasteiger partial charge in [-0.05, 0) is 7.05 Å². The summed E-state index contributed by atoms with van der Waals surface area (Å²) < 4.78 is 0. The van der Waals surface area contributed by atoms with Gasteiger partial charge in [0.15, 0.2) is 0 Å². The van der Waals surface area contributed by atoms with Crippen LogP contribution in [0, 0.1) is 0 Å². The van der Waals surface area contributed by atoms with Gasteiger partial charge in [-0.3, -0.25) is 0 Å². The minimum absolute atomic E-state index is 0.166. The van der Waals surface area contributed by atoms with Crippen LogP contribution in [0.3, 0.4) is 0 Å². The lowest BCUT2D eigenvalue weighted by molar-refractivity contribution is 0.0961. The molecule has 0 aliphatic heterocycles. The van der Waals surface area contributed by atoms with Crippen LogP contribution in [0.2, 0.25) is 0 Å². The Morgan fingerprint density at radius 2 is 1.89 bits per heavy atom. The molecule has 9 heavy (non-hydrogen) atoms. The summed E-state index contributed by atoms with van der Waals surface area (Å²) in [6.45, 7) is 4.29. The molecule has 0 radical (unpaired) electrons. The van der Waals surface area contributed by atoms with Gasteiger partial charge in [0, 0.05) is 6.54 Å². The van der Waals surface area contributed by atoms with Crippen molar-refractivity contribution in [3.63, 3.8) is 0 Å². The van der Waals surface area contributed by atoms with E-state index in [1.54, 1.807) is 7.05 Å². The van der Waals surface area contributed by atoms with Crippen molar-refractivity contribution >= 4 is 0 Å². The summed E-state index contributed by atoms with van der Waals surface area (Å²) in [6.07, 6.45) is -0.606. The lowest BCUT2D eigenvalue weighted by atomic mass is 10.4. The van der Waals surface area contributed by atoms with Crippen molar-refractivity contribution in [1.29, 1.82) is 0 Å². The number of hydrogen-bond acceptors (Lipinski definition) is 3. The Morgan fingerprint density at radius 1 is 1.44 bits per heavy atom. The molecular formula is C6H17NO2. The quantitative estimate of drug-likeness (QED) is 0.493. The fraction of sp³-hybridized carbons (Fsp3) is 1.00. The first-order valence-corrected chi connectivity index (χ1v) is 3.24. The summed E-state index contributed by atoms with van der Waals surface area (Å²) in [6, 6.07) is 0. The average molecular weight is 135 g/mol. The summed E-state index contributed by atoms with van der Waals surface area (Å²) in [7, 11) is 1.72. The maximum atomic E-state index is 8.55. The molecule has 3 nitrogen and oxygen atoms in total. The van der Waals surface area contributed by atoms with E-state index in [4.69, 9.17) is 10.2 Å². The van der Waals surface area contributed by atoms with Crippen LogP contribution in [-0.2, 0) is 0 Å². The number of aliphatic hydroxyl groups excluding tert-OH is 2. The SMILES string of the molecule is CC.CNC[C@H](O)CO. The van der Waals surface area contributed by atoms with Gasteiger partial charge in [0.1, 0.15) is 0 Å². The monoisotopic (exact) mass is 135 g/mol. The van der Waals surface area contributed by atoms with Crippen LogP contribution < -0.4 is 5.32 Å². The highest BCUT2D eigenvalue weighted by atomic mass is 16.3. The predicted molar refractivity (Wildman–Crippen MR) is 38.4 cm³/mol. The highest BCUT2D eigenvalue weighted by molar-refractivity contribution is 4.51. The Morgan fingerprint density at radius 3 is 2.00 bits per heavy atom. The zero-order chi connectivity index (χ0) is 7.70. The fourth-order valence-electron chi connectivity index (χ4n) is 0.300. The van der Waals surface area contributed by atoms with E-state index in [0.29, 0.717) is 6.54 Å². The Kier molecular flexibility index (Phi) is 14.0. The number of rotatable bonds is 3. The molecule has 0 saturated carbocycles. The summed E-state index contributed by atoms with van der Waals surface area (Å²) in [4.78, 5) is 0. The van der Waals surface area contributed by atoms with Crippen molar-refractivity contribution in [3.05, 3.63) is 0 Å². The van der Waals surface area contributed by atoms with Crippen LogP contribution in [0.4, 0.5) is 0 Å². The number of aliphatic hydroxyl groups is 2. The average Bonchev–Trinajstić information content (AvgIpc) is 1.93. The smallest absolute Gasteiger partial charge is 0.0894 e. The molecule has 0 unspecified atom stereocenters. The summed E-state index contributed by atoms with van der Waals surface area (Å²) in [5.41, 5.74) is 0. The van der Waals surface area contributed by atoms with Crippen molar-refractivity contribution in [3.8, 4) is 0 Å². The number of likely N-dealkylation sites (N-methyl/N-ethyl adjacent to an activating group) is 1. The van der Waals surface area contributed by atoms with Gasteiger partial charge >= 0.3 is 0 Å². The van der Waals surface area contributed by atoms with Gasteiger partial charge in [-0.25, -0.2) is 0 Å². The van der Waals surface area contributed by atoms with Crippen molar-refractivity contribution in [2.75, 3.05) is 20.2 Å². The van der Waals surface area contributed by atoms with Crippen molar-refractivity contribution in [2.45, 2.75) is 20.0 Å². The molecule has 0 aromatic carbocycles. The van der Waals surface area contributed by atoms with E-state index in [0.717, 1.165) is 0 Å². The van der Waals surface area contributed by atoms with E-state index in [1.165, 1.54) is 0 Å². The predicted octanol–water partition coefficient (Wildman–Crippen LogP) is -0.415. The molecule has 0 heterocycles. The van der Waals surface area contributed by atoms with E-state index in [9.17, 15) is 0 Å². The molecule has 0 bridgehead atoms. The molecule has 0 rings (SSSR count). The first kappa shape index (κ1) is 11.6. The van der Waals surface area contributed by atoms with Gasteiger partial charge in [0.25, 0.3) is 0 Å². The highest BCUT2D eigenvalue weighted by Crippen LogP contribution is 1.72. The van der Waals surface area contributed by atoms with Crippen molar-refractivity contribution in [2.24, 2.45) is 0 Å². The molecule has 0 amide bonds. The molecule has 0 aromatic heterocycles. The molecule has 0 aliphatic carbocycles. The topological polar surface area (TPSA) is 52.5 Å². The molecule has 0 aromatic rings. The molecule has 58 valence electrons.